The molecule has 1 aromatic carbocycles. The molecule has 0 spiro atoms. The number of guanidine groups is 1. The maximum Gasteiger partial charge on any atom is 0.191 e. The third kappa shape index (κ3) is 6.78. The summed E-state index contributed by atoms with van der Waals surface area (Å²) in [4.78, 5) is 4.66. The molecule has 4 nitrogen and oxygen atoms in total. The smallest absolute Gasteiger partial charge is 0.191 e. The highest BCUT2D eigenvalue weighted by Gasteiger charge is 2.18. The number of nitriles is 1. The highest BCUT2D eigenvalue weighted by Crippen LogP contribution is 2.23. The van der Waals surface area contributed by atoms with Gasteiger partial charge >= 0.3 is 0 Å². The van der Waals surface area contributed by atoms with Crippen molar-refractivity contribution in [1.82, 2.24) is 10.6 Å². The van der Waals surface area contributed by atoms with Gasteiger partial charge < -0.3 is 10.6 Å². The van der Waals surface area contributed by atoms with Crippen molar-refractivity contribution in [2.24, 2.45) is 10.9 Å². The second kappa shape index (κ2) is 10.5. The van der Waals surface area contributed by atoms with Crippen LogP contribution in [0.5, 0.6) is 0 Å². The molecule has 1 aliphatic rings. The first kappa shape index (κ1) is 19.8. The molecule has 0 atom stereocenters. The van der Waals surface area contributed by atoms with Crippen LogP contribution in [0, 0.1) is 17.2 Å². The van der Waals surface area contributed by atoms with Crippen LogP contribution in [-0.2, 0) is 6.54 Å². The van der Waals surface area contributed by atoms with Crippen LogP contribution in [0.1, 0.15) is 50.7 Å². The second-order valence-corrected chi connectivity index (χ2v) is 6.11. The maximum atomic E-state index is 8.95. The number of hydrogen-bond donors (Lipinski definition) is 2. The molecule has 1 aliphatic carbocycles. The van der Waals surface area contributed by atoms with Gasteiger partial charge in [-0.2, -0.15) is 5.26 Å². The Morgan fingerprint density at radius 3 is 2.70 bits per heavy atom. The molecule has 0 radical (unpaired) electrons. The number of aliphatic imine (C=N–C) groups is 1. The average Bonchev–Trinajstić information content (AvgIpc) is 2.55. The SMILES string of the molecule is CCNC(=NCc1cccc(C#N)c1)NC1CCC(C)CC1.I. The Bertz CT molecular complexity index is 542. The van der Waals surface area contributed by atoms with Gasteiger partial charge in [0.1, 0.15) is 0 Å². The molecule has 1 aromatic rings. The molecule has 0 bridgehead atoms. The topological polar surface area (TPSA) is 60.2 Å². The molecule has 0 saturated heterocycles. The Labute approximate surface area is 156 Å². The summed E-state index contributed by atoms with van der Waals surface area (Å²) in [7, 11) is 0. The van der Waals surface area contributed by atoms with Gasteiger partial charge in [0.25, 0.3) is 0 Å². The molecule has 0 unspecified atom stereocenters. The van der Waals surface area contributed by atoms with E-state index < -0.39 is 0 Å². The van der Waals surface area contributed by atoms with Crippen molar-refractivity contribution in [3.05, 3.63) is 35.4 Å². The fraction of sp³-hybridized carbons (Fsp3) is 0.556. The molecule has 126 valence electrons. The van der Waals surface area contributed by atoms with E-state index in [4.69, 9.17) is 5.26 Å². The van der Waals surface area contributed by atoms with Gasteiger partial charge in [-0.1, -0.05) is 19.1 Å². The van der Waals surface area contributed by atoms with Crippen molar-refractivity contribution in [3.8, 4) is 6.07 Å². The first-order chi connectivity index (χ1) is 10.7. The van der Waals surface area contributed by atoms with Gasteiger partial charge in [0.05, 0.1) is 18.2 Å². The van der Waals surface area contributed by atoms with Crippen LogP contribution in [0.3, 0.4) is 0 Å². The standard InChI is InChI=1S/C18H26N4.HI/c1-3-20-18(22-17-9-7-14(2)8-10-17)21-13-16-6-4-5-15(11-16)12-19;/h4-6,11,14,17H,3,7-10,13H2,1-2H3,(H2,20,21,22);1H. The second-order valence-electron chi connectivity index (χ2n) is 6.11. The first-order valence-corrected chi connectivity index (χ1v) is 8.25. The van der Waals surface area contributed by atoms with Gasteiger partial charge in [-0.25, -0.2) is 4.99 Å². The Hall–Kier alpha value is -1.29. The fourth-order valence-electron chi connectivity index (χ4n) is 2.83. The van der Waals surface area contributed by atoms with E-state index in [0.29, 0.717) is 18.2 Å². The van der Waals surface area contributed by atoms with Crippen LogP contribution < -0.4 is 10.6 Å². The van der Waals surface area contributed by atoms with E-state index in [2.05, 4.69) is 35.5 Å². The zero-order valence-corrected chi connectivity index (χ0v) is 16.3. The summed E-state index contributed by atoms with van der Waals surface area (Å²) in [5.41, 5.74) is 1.75. The molecule has 5 heteroatoms. The minimum atomic E-state index is 0. The lowest BCUT2D eigenvalue weighted by Gasteiger charge is -2.28. The number of rotatable bonds is 4. The van der Waals surface area contributed by atoms with Gasteiger partial charge in [0.15, 0.2) is 5.96 Å². The zero-order chi connectivity index (χ0) is 15.8. The molecule has 0 aromatic heterocycles. The number of nitrogens with one attached hydrogen (secondary N) is 2. The molecule has 0 heterocycles. The summed E-state index contributed by atoms with van der Waals surface area (Å²) >= 11 is 0. The van der Waals surface area contributed by atoms with E-state index >= 15 is 0 Å². The lowest BCUT2D eigenvalue weighted by molar-refractivity contribution is 0.329. The maximum absolute atomic E-state index is 8.95. The van der Waals surface area contributed by atoms with E-state index in [1.165, 1.54) is 25.7 Å². The van der Waals surface area contributed by atoms with E-state index in [1.807, 2.05) is 24.3 Å². The summed E-state index contributed by atoms with van der Waals surface area (Å²) in [6, 6.07) is 10.3. The van der Waals surface area contributed by atoms with Crippen molar-refractivity contribution in [1.29, 1.82) is 5.26 Å². The molecule has 1 fully saturated rings. The predicted molar refractivity (Wildman–Crippen MR) is 106 cm³/mol. The largest absolute Gasteiger partial charge is 0.357 e. The zero-order valence-electron chi connectivity index (χ0n) is 14.0. The van der Waals surface area contributed by atoms with E-state index in [9.17, 15) is 0 Å². The van der Waals surface area contributed by atoms with Crippen molar-refractivity contribution in [2.75, 3.05) is 6.54 Å². The molecule has 2 N–H and O–H groups in total. The summed E-state index contributed by atoms with van der Waals surface area (Å²) < 4.78 is 0. The van der Waals surface area contributed by atoms with Gasteiger partial charge in [0, 0.05) is 12.6 Å². The third-order valence-electron chi connectivity index (χ3n) is 4.18. The van der Waals surface area contributed by atoms with E-state index in [0.717, 1.165) is 24.0 Å². The summed E-state index contributed by atoms with van der Waals surface area (Å²) in [6.45, 7) is 5.86. The molecule has 0 aliphatic heterocycles. The summed E-state index contributed by atoms with van der Waals surface area (Å²) in [5, 5.41) is 15.8. The normalized spacial score (nSPS) is 21.0. The average molecular weight is 426 g/mol. The highest BCUT2D eigenvalue weighted by atomic mass is 127. The van der Waals surface area contributed by atoms with Gasteiger partial charge in [-0.3, -0.25) is 0 Å². The minimum Gasteiger partial charge on any atom is -0.357 e. The van der Waals surface area contributed by atoms with Crippen LogP contribution in [0.15, 0.2) is 29.3 Å². The highest BCUT2D eigenvalue weighted by molar-refractivity contribution is 14.0. The quantitative estimate of drug-likeness (QED) is 0.437. The monoisotopic (exact) mass is 426 g/mol. The fourth-order valence-corrected chi connectivity index (χ4v) is 2.83. The van der Waals surface area contributed by atoms with Crippen molar-refractivity contribution >= 4 is 29.9 Å². The summed E-state index contributed by atoms with van der Waals surface area (Å²) in [5.74, 6) is 1.73. The Balaban J connectivity index is 0.00000264. The molecule has 0 amide bonds. The number of hydrogen-bond acceptors (Lipinski definition) is 2. The molecular weight excluding hydrogens is 399 g/mol. The molecule has 2 rings (SSSR count). The third-order valence-corrected chi connectivity index (χ3v) is 4.18. The van der Waals surface area contributed by atoms with Crippen LogP contribution in [-0.4, -0.2) is 18.5 Å². The molecular formula is C18H27IN4. The van der Waals surface area contributed by atoms with Crippen LogP contribution >= 0.6 is 24.0 Å². The van der Waals surface area contributed by atoms with E-state index in [-0.39, 0.29) is 24.0 Å². The number of benzene rings is 1. The van der Waals surface area contributed by atoms with Gasteiger partial charge in [-0.05, 0) is 56.2 Å². The Kier molecular flexibility index (Phi) is 9.00. The first-order valence-electron chi connectivity index (χ1n) is 8.25. The van der Waals surface area contributed by atoms with Crippen molar-refractivity contribution in [2.45, 2.75) is 52.1 Å². The number of nitrogens with zero attached hydrogens (tertiary/aromatic N) is 2. The van der Waals surface area contributed by atoms with E-state index in [1.54, 1.807) is 0 Å². The Morgan fingerprint density at radius 1 is 1.30 bits per heavy atom. The lowest BCUT2D eigenvalue weighted by Crippen LogP contribution is -2.44. The van der Waals surface area contributed by atoms with Crippen LogP contribution in [0.4, 0.5) is 0 Å². The van der Waals surface area contributed by atoms with Crippen LogP contribution in [0.2, 0.25) is 0 Å². The molecule has 23 heavy (non-hydrogen) atoms. The minimum absolute atomic E-state index is 0. The Morgan fingerprint density at radius 2 is 2.04 bits per heavy atom. The van der Waals surface area contributed by atoms with Crippen molar-refractivity contribution < 1.29 is 0 Å². The van der Waals surface area contributed by atoms with Crippen molar-refractivity contribution in [3.63, 3.8) is 0 Å². The summed E-state index contributed by atoms with van der Waals surface area (Å²) in [6.07, 6.45) is 5.02. The van der Waals surface area contributed by atoms with Crippen LogP contribution in [0.25, 0.3) is 0 Å². The predicted octanol–water partition coefficient (Wildman–Crippen LogP) is 3.81. The lowest BCUT2D eigenvalue weighted by atomic mass is 9.87. The molecule has 1 saturated carbocycles. The van der Waals surface area contributed by atoms with Gasteiger partial charge in [0.2, 0.25) is 0 Å². The van der Waals surface area contributed by atoms with Gasteiger partial charge in [-0.15, -0.1) is 24.0 Å². The number of halogens is 1.